The Morgan fingerprint density at radius 1 is 1.14 bits per heavy atom. The number of ether oxygens (including phenoxy) is 2. The fourth-order valence-electron chi connectivity index (χ4n) is 3.40. The second kappa shape index (κ2) is 8.29. The average Bonchev–Trinajstić information content (AvgIpc) is 3.12. The summed E-state index contributed by atoms with van der Waals surface area (Å²) in [6.07, 6.45) is 1.65. The number of carbonyl (C=O) groups excluding carboxylic acids is 1. The van der Waals surface area contributed by atoms with E-state index in [4.69, 9.17) is 9.47 Å². The molecule has 1 aromatic heterocycles. The van der Waals surface area contributed by atoms with Crippen LogP contribution in [-0.4, -0.2) is 42.2 Å². The van der Waals surface area contributed by atoms with Gasteiger partial charge in [-0.25, -0.2) is 9.78 Å². The van der Waals surface area contributed by atoms with Crippen molar-refractivity contribution in [2.45, 2.75) is 32.8 Å². The first-order chi connectivity index (χ1) is 14.0. The molecule has 4 rings (SSSR count). The van der Waals surface area contributed by atoms with E-state index < -0.39 is 0 Å². The lowest BCUT2D eigenvalue weighted by Crippen LogP contribution is -2.43. The highest BCUT2D eigenvalue weighted by Crippen LogP contribution is 2.32. The number of carbonyl (C=O) groups is 1. The van der Waals surface area contributed by atoms with Gasteiger partial charge in [0, 0.05) is 31.6 Å². The normalized spacial score (nSPS) is 14.8. The van der Waals surface area contributed by atoms with E-state index in [1.165, 1.54) is 22.5 Å². The molecule has 1 fully saturated rings. The van der Waals surface area contributed by atoms with Crippen molar-refractivity contribution in [2.24, 2.45) is 0 Å². The van der Waals surface area contributed by atoms with Crippen molar-refractivity contribution in [2.75, 3.05) is 25.5 Å². The van der Waals surface area contributed by atoms with Gasteiger partial charge in [-0.3, -0.25) is 0 Å². The second-order valence-electron chi connectivity index (χ2n) is 7.35. The van der Waals surface area contributed by atoms with E-state index in [2.05, 4.69) is 17.2 Å². The van der Waals surface area contributed by atoms with E-state index in [0.717, 1.165) is 34.5 Å². The van der Waals surface area contributed by atoms with Gasteiger partial charge in [-0.05, 0) is 55.3 Å². The lowest BCUT2D eigenvalue weighted by Gasteiger charge is -2.31. The third-order valence-electron chi connectivity index (χ3n) is 5.33. The third-order valence-corrected chi connectivity index (χ3v) is 6.24. The number of urea groups is 1. The molecule has 0 unspecified atom stereocenters. The maximum Gasteiger partial charge on any atom is 0.321 e. The van der Waals surface area contributed by atoms with Gasteiger partial charge in [0.25, 0.3) is 5.19 Å². The number of aromatic nitrogens is 1. The molecule has 2 heterocycles. The van der Waals surface area contributed by atoms with Crippen LogP contribution in [0.3, 0.4) is 0 Å². The van der Waals surface area contributed by atoms with E-state index in [-0.39, 0.29) is 12.1 Å². The largest absolute Gasteiger partial charge is 0.497 e. The minimum Gasteiger partial charge on any atom is -0.497 e. The number of nitrogens with zero attached hydrogens (tertiary/aromatic N) is 2. The Morgan fingerprint density at radius 2 is 1.93 bits per heavy atom. The SMILES string of the molecule is COc1ccc2nc(OC3CCN(C(=O)Nc4ccc(C)c(C)c4)CC3)sc2c1. The molecule has 3 aromatic rings. The summed E-state index contributed by atoms with van der Waals surface area (Å²) < 4.78 is 12.4. The van der Waals surface area contributed by atoms with Gasteiger partial charge >= 0.3 is 6.03 Å². The van der Waals surface area contributed by atoms with Crippen molar-refractivity contribution >= 4 is 33.3 Å². The van der Waals surface area contributed by atoms with Crippen LogP contribution in [0, 0.1) is 13.8 Å². The Morgan fingerprint density at radius 3 is 2.66 bits per heavy atom. The quantitative estimate of drug-likeness (QED) is 0.656. The number of hydrogen-bond donors (Lipinski definition) is 1. The van der Waals surface area contributed by atoms with Crippen molar-refractivity contribution in [1.82, 2.24) is 9.88 Å². The molecule has 0 spiro atoms. The van der Waals surface area contributed by atoms with Crippen molar-refractivity contribution < 1.29 is 14.3 Å². The highest BCUT2D eigenvalue weighted by molar-refractivity contribution is 7.20. The van der Waals surface area contributed by atoms with Crippen LogP contribution in [0.5, 0.6) is 10.9 Å². The number of amides is 2. The van der Waals surface area contributed by atoms with Crippen molar-refractivity contribution in [3.63, 3.8) is 0 Å². The molecule has 0 atom stereocenters. The Kier molecular flexibility index (Phi) is 5.58. The number of benzene rings is 2. The van der Waals surface area contributed by atoms with Gasteiger partial charge in [-0.15, -0.1) is 0 Å². The van der Waals surface area contributed by atoms with Gasteiger partial charge in [0.15, 0.2) is 0 Å². The van der Waals surface area contributed by atoms with Crippen LogP contribution in [0.4, 0.5) is 10.5 Å². The van der Waals surface area contributed by atoms with Gasteiger partial charge in [0.2, 0.25) is 0 Å². The van der Waals surface area contributed by atoms with Crippen molar-refractivity contribution in [3.8, 4) is 10.9 Å². The summed E-state index contributed by atoms with van der Waals surface area (Å²) in [6.45, 7) is 5.44. The summed E-state index contributed by atoms with van der Waals surface area (Å²) in [6, 6.07) is 11.7. The van der Waals surface area contributed by atoms with Crippen LogP contribution in [0.1, 0.15) is 24.0 Å². The van der Waals surface area contributed by atoms with Crippen LogP contribution >= 0.6 is 11.3 Å². The summed E-state index contributed by atoms with van der Waals surface area (Å²) in [5.41, 5.74) is 4.13. The van der Waals surface area contributed by atoms with E-state index in [0.29, 0.717) is 18.3 Å². The number of thiazole rings is 1. The highest BCUT2D eigenvalue weighted by atomic mass is 32.1. The number of piperidine rings is 1. The minimum atomic E-state index is -0.0567. The smallest absolute Gasteiger partial charge is 0.321 e. The summed E-state index contributed by atoms with van der Waals surface area (Å²) in [5.74, 6) is 0.816. The number of anilines is 1. The molecule has 2 aromatic carbocycles. The van der Waals surface area contributed by atoms with Crippen LogP contribution in [0.25, 0.3) is 10.2 Å². The Labute approximate surface area is 174 Å². The van der Waals surface area contributed by atoms with Crippen LogP contribution in [0.15, 0.2) is 36.4 Å². The molecule has 1 aliphatic rings. The molecule has 0 aliphatic carbocycles. The van der Waals surface area contributed by atoms with Gasteiger partial charge in [0.1, 0.15) is 11.9 Å². The number of nitrogens with one attached hydrogen (secondary N) is 1. The zero-order chi connectivity index (χ0) is 20.4. The summed E-state index contributed by atoms with van der Waals surface area (Å²) >= 11 is 1.53. The lowest BCUT2D eigenvalue weighted by molar-refractivity contribution is 0.115. The first-order valence-corrected chi connectivity index (χ1v) is 10.6. The molecule has 152 valence electrons. The Balaban J connectivity index is 1.32. The maximum absolute atomic E-state index is 12.6. The number of likely N-dealkylation sites (tertiary alicyclic amines) is 1. The molecule has 1 N–H and O–H groups in total. The average molecular weight is 412 g/mol. The van der Waals surface area contributed by atoms with Crippen molar-refractivity contribution in [3.05, 3.63) is 47.5 Å². The van der Waals surface area contributed by atoms with E-state index in [1.54, 1.807) is 7.11 Å². The van der Waals surface area contributed by atoms with E-state index in [9.17, 15) is 4.79 Å². The topological polar surface area (TPSA) is 63.7 Å². The predicted octanol–water partition coefficient (Wildman–Crippen LogP) is 5.00. The fraction of sp³-hybridized carbons (Fsp3) is 0.364. The van der Waals surface area contributed by atoms with Crippen LogP contribution in [0.2, 0.25) is 0 Å². The monoisotopic (exact) mass is 411 g/mol. The zero-order valence-electron chi connectivity index (χ0n) is 16.9. The van der Waals surface area contributed by atoms with E-state index in [1.807, 2.05) is 48.2 Å². The number of hydrogen-bond acceptors (Lipinski definition) is 5. The standard InChI is InChI=1S/C22H25N3O3S/c1-14-4-5-16(12-15(14)2)23-21(26)25-10-8-17(9-11-25)28-22-24-19-7-6-18(27-3)13-20(19)29-22/h4-7,12-13,17H,8-11H2,1-3H3,(H,23,26). The molecule has 6 nitrogen and oxygen atoms in total. The third kappa shape index (κ3) is 4.45. The van der Waals surface area contributed by atoms with Gasteiger partial charge in [0.05, 0.1) is 17.3 Å². The minimum absolute atomic E-state index is 0.0567. The molecular weight excluding hydrogens is 386 g/mol. The summed E-state index contributed by atoms with van der Waals surface area (Å²) in [7, 11) is 1.66. The van der Waals surface area contributed by atoms with E-state index >= 15 is 0 Å². The Hall–Kier alpha value is -2.80. The van der Waals surface area contributed by atoms with Gasteiger partial charge in [-0.1, -0.05) is 17.4 Å². The first-order valence-electron chi connectivity index (χ1n) is 9.76. The molecular formula is C22H25N3O3S. The zero-order valence-corrected chi connectivity index (χ0v) is 17.7. The molecule has 7 heteroatoms. The molecule has 0 radical (unpaired) electrons. The number of rotatable bonds is 4. The summed E-state index contributed by atoms with van der Waals surface area (Å²) in [5, 5.41) is 3.67. The second-order valence-corrected chi connectivity index (χ2v) is 8.34. The highest BCUT2D eigenvalue weighted by Gasteiger charge is 2.25. The van der Waals surface area contributed by atoms with Crippen molar-refractivity contribution in [1.29, 1.82) is 0 Å². The predicted molar refractivity (Wildman–Crippen MR) is 116 cm³/mol. The lowest BCUT2D eigenvalue weighted by atomic mass is 10.1. The fourth-order valence-corrected chi connectivity index (χ4v) is 4.31. The van der Waals surface area contributed by atoms with Crippen LogP contribution in [-0.2, 0) is 0 Å². The molecule has 0 saturated carbocycles. The molecule has 2 amide bonds. The van der Waals surface area contributed by atoms with Gasteiger partial charge < -0.3 is 19.7 Å². The van der Waals surface area contributed by atoms with Crippen LogP contribution < -0.4 is 14.8 Å². The van der Waals surface area contributed by atoms with Gasteiger partial charge in [-0.2, -0.15) is 0 Å². The Bertz CT molecular complexity index is 1030. The number of aryl methyl sites for hydroxylation is 2. The maximum atomic E-state index is 12.6. The number of fused-ring (bicyclic) bond motifs is 1. The molecule has 1 saturated heterocycles. The summed E-state index contributed by atoms with van der Waals surface area (Å²) in [4.78, 5) is 19.0. The molecule has 1 aliphatic heterocycles. The first kappa shape index (κ1) is 19.5. The molecule has 0 bridgehead atoms. The molecule has 29 heavy (non-hydrogen) atoms. The number of methoxy groups -OCH3 is 1.